The summed E-state index contributed by atoms with van der Waals surface area (Å²) in [6.07, 6.45) is 5.51. The molecular weight excluding hydrogens is 382 g/mol. The van der Waals surface area contributed by atoms with Crippen LogP contribution in [0.1, 0.15) is 34.7 Å². The molecule has 0 bridgehead atoms. The first-order valence-electron chi connectivity index (χ1n) is 9.68. The van der Waals surface area contributed by atoms with Gasteiger partial charge in [0, 0.05) is 37.4 Å². The van der Waals surface area contributed by atoms with Crippen LogP contribution in [0.2, 0.25) is 0 Å². The highest BCUT2D eigenvalue weighted by atomic mass is 32.1. The fraction of sp³-hybridized carbons (Fsp3) is 0.318. The minimum atomic E-state index is -0.0246. The Kier molecular flexibility index (Phi) is 5.60. The molecule has 0 unspecified atom stereocenters. The summed E-state index contributed by atoms with van der Waals surface area (Å²) < 4.78 is 7.59. The Bertz CT molecular complexity index is 989. The summed E-state index contributed by atoms with van der Waals surface area (Å²) >= 11 is 5.70. The molecule has 3 aromatic rings. The highest BCUT2D eigenvalue weighted by Crippen LogP contribution is 2.41. The van der Waals surface area contributed by atoms with Crippen molar-refractivity contribution in [3.63, 3.8) is 0 Å². The van der Waals surface area contributed by atoms with Crippen LogP contribution in [0.4, 0.5) is 0 Å². The van der Waals surface area contributed by atoms with Gasteiger partial charge in [-0.15, -0.1) is 0 Å². The lowest BCUT2D eigenvalue weighted by Gasteiger charge is -2.28. The van der Waals surface area contributed by atoms with Gasteiger partial charge in [0.05, 0.1) is 36.3 Å². The molecular formula is C22H25N5OS. The number of ether oxygens (including phenoxy) is 1. The number of hydrogen-bond donors (Lipinski definition) is 1. The Morgan fingerprint density at radius 2 is 2.03 bits per heavy atom. The van der Waals surface area contributed by atoms with Gasteiger partial charge >= 0.3 is 0 Å². The van der Waals surface area contributed by atoms with E-state index in [1.54, 1.807) is 13.3 Å². The maximum atomic E-state index is 5.70. The Hall–Kier alpha value is -2.77. The van der Waals surface area contributed by atoms with Crippen molar-refractivity contribution >= 4 is 17.3 Å². The fourth-order valence-electron chi connectivity index (χ4n) is 4.14. The molecule has 0 aromatic carbocycles. The molecule has 0 radical (unpaired) electrons. The number of nitrogens with one attached hydrogen (secondary N) is 1. The van der Waals surface area contributed by atoms with E-state index in [0.717, 1.165) is 22.2 Å². The van der Waals surface area contributed by atoms with E-state index in [2.05, 4.69) is 50.7 Å². The van der Waals surface area contributed by atoms with E-state index in [4.69, 9.17) is 17.0 Å². The smallest absolute Gasteiger partial charge is 0.170 e. The first kappa shape index (κ1) is 19.5. The number of aromatic nitrogens is 3. The van der Waals surface area contributed by atoms with Crippen molar-refractivity contribution < 1.29 is 4.74 Å². The highest BCUT2D eigenvalue weighted by molar-refractivity contribution is 7.80. The van der Waals surface area contributed by atoms with E-state index in [1.165, 1.54) is 11.3 Å². The molecule has 1 saturated heterocycles. The normalized spacial score (nSPS) is 18.9. The Morgan fingerprint density at radius 1 is 1.17 bits per heavy atom. The van der Waals surface area contributed by atoms with E-state index >= 15 is 0 Å². The first-order valence-corrected chi connectivity index (χ1v) is 10.1. The largest absolute Gasteiger partial charge is 0.383 e. The third-order valence-electron chi connectivity index (χ3n) is 5.43. The van der Waals surface area contributed by atoms with E-state index in [9.17, 15) is 0 Å². The van der Waals surface area contributed by atoms with E-state index in [-0.39, 0.29) is 12.1 Å². The minimum Gasteiger partial charge on any atom is -0.383 e. The summed E-state index contributed by atoms with van der Waals surface area (Å²) in [5, 5.41) is 4.22. The molecule has 0 spiro atoms. The lowest BCUT2D eigenvalue weighted by Crippen LogP contribution is -2.32. The van der Waals surface area contributed by atoms with Crippen LogP contribution in [0.3, 0.4) is 0 Å². The molecule has 7 heteroatoms. The zero-order valence-corrected chi connectivity index (χ0v) is 17.7. The van der Waals surface area contributed by atoms with Gasteiger partial charge in [-0.2, -0.15) is 0 Å². The van der Waals surface area contributed by atoms with Crippen LogP contribution in [0.15, 0.2) is 55.0 Å². The Labute approximate surface area is 176 Å². The molecule has 1 N–H and O–H groups in total. The molecule has 0 saturated carbocycles. The molecule has 1 fully saturated rings. The SMILES string of the molecule is COCCN1C(=S)N[C@@H](c2ccccn2)[C@H]1c1cc(C)n(-c2cccnc2)c1C. The molecule has 29 heavy (non-hydrogen) atoms. The van der Waals surface area contributed by atoms with Gasteiger partial charge in [-0.3, -0.25) is 9.97 Å². The third kappa shape index (κ3) is 3.63. The zero-order valence-electron chi connectivity index (χ0n) is 16.9. The van der Waals surface area contributed by atoms with Gasteiger partial charge in [0.2, 0.25) is 0 Å². The van der Waals surface area contributed by atoms with Crippen molar-refractivity contribution in [2.75, 3.05) is 20.3 Å². The number of aryl methyl sites for hydroxylation is 1. The van der Waals surface area contributed by atoms with E-state index in [0.29, 0.717) is 13.2 Å². The van der Waals surface area contributed by atoms with Crippen LogP contribution in [0.5, 0.6) is 0 Å². The highest BCUT2D eigenvalue weighted by Gasteiger charge is 2.41. The molecule has 1 aliphatic heterocycles. The average Bonchev–Trinajstić information content (AvgIpc) is 3.23. The van der Waals surface area contributed by atoms with Crippen LogP contribution >= 0.6 is 12.2 Å². The Morgan fingerprint density at radius 3 is 2.72 bits per heavy atom. The molecule has 0 amide bonds. The van der Waals surface area contributed by atoms with Crippen molar-refractivity contribution in [1.29, 1.82) is 0 Å². The number of rotatable bonds is 6. The second-order valence-electron chi connectivity index (χ2n) is 7.19. The summed E-state index contributed by atoms with van der Waals surface area (Å²) in [5.41, 5.74) is 5.60. The van der Waals surface area contributed by atoms with Gasteiger partial charge in [0.15, 0.2) is 5.11 Å². The standard InChI is InChI=1S/C22H25N5OS/c1-15-13-18(16(2)27(15)17-7-6-9-23-14-17)21-20(19-8-4-5-10-24-19)25-22(29)26(21)11-12-28-3/h4-10,13-14,20-21H,11-12H2,1-3H3,(H,25,29)/t20-,21+/m0/s1. The van der Waals surface area contributed by atoms with Gasteiger partial charge in [-0.1, -0.05) is 6.07 Å². The van der Waals surface area contributed by atoms with Gasteiger partial charge < -0.3 is 19.5 Å². The van der Waals surface area contributed by atoms with Crippen molar-refractivity contribution in [2.24, 2.45) is 0 Å². The van der Waals surface area contributed by atoms with Gasteiger partial charge in [0.25, 0.3) is 0 Å². The van der Waals surface area contributed by atoms with Gasteiger partial charge in [-0.25, -0.2) is 0 Å². The molecule has 3 aromatic heterocycles. The number of nitrogens with zero attached hydrogens (tertiary/aromatic N) is 4. The van der Waals surface area contributed by atoms with Crippen LogP contribution in [-0.4, -0.2) is 44.8 Å². The summed E-state index contributed by atoms with van der Waals surface area (Å²) in [7, 11) is 1.71. The average molecular weight is 408 g/mol. The monoisotopic (exact) mass is 407 g/mol. The summed E-state index contributed by atoms with van der Waals surface area (Å²) in [5.74, 6) is 0. The fourth-order valence-corrected chi connectivity index (χ4v) is 4.48. The Balaban J connectivity index is 1.81. The topological polar surface area (TPSA) is 55.2 Å². The third-order valence-corrected chi connectivity index (χ3v) is 5.78. The minimum absolute atomic E-state index is 0.0246. The van der Waals surface area contributed by atoms with Crippen molar-refractivity contribution in [1.82, 2.24) is 24.8 Å². The number of pyridine rings is 2. The second-order valence-corrected chi connectivity index (χ2v) is 7.57. The molecule has 2 atom stereocenters. The molecule has 0 aliphatic carbocycles. The number of methoxy groups -OCH3 is 1. The maximum absolute atomic E-state index is 5.70. The summed E-state index contributed by atoms with van der Waals surface area (Å²) in [6.45, 7) is 5.60. The second kappa shape index (κ2) is 8.31. The number of thiocarbonyl (C=S) groups is 1. The van der Waals surface area contributed by atoms with Gasteiger partial charge in [0.1, 0.15) is 0 Å². The molecule has 6 nitrogen and oxygen atoms in total. The lowest BCUT2D eigenvalue weighted by atomic mass is 9.97. The first-order chi connectivity index (χ1) is 14.1. The lowest BCUT2D eigenvalue weighted by molar-refractivity contribution is 0.164. The zero-order chi connectivity index (χ0) is 20.4. The van der Waals surface area contributed by atoms with Crippen LogP contribution < -0.4 is 5.32 Å². The quantitative estimate of drug-likeness (QED) is 0.631. The van der Waals surface area contributed by atoms with Crippen LogP contribution in [0, 0.1) is 13.8 Å². The van der Waals surface area contributed by atoms with Crippen molar-refractivity contribution in [2.45, 2.75) is 25.9 Å². The van der Waals surface area contributed by atoms with Crippen LogP contribution in [0.25, 0.3) is 5.69 Å². The van der Waals surface area contributed by atoms with Crippen LogP contribution in [-0.2, 0) is 4.74 Å². The molecule has 1 aliphatic rings. The van der Waals surface area contributed by atoms with Gasteiger partial charge in [-0.05, 0) is 62.0 Å². The predicted octanol–water partition coefficient (Wildman–Crippen LogP) is 3.50. The molecule has 4 heterocycles. The maximum Gasteiger partial charge on any atom is 0.170 e. The van der Waals surface area contributed by atoms with Crippen molar-refractivity contribution in [3.05, 3.63) is 77.6 Å². The predicted molar refractivity (Wildman–Crippen MR) is 117 cm³/mol. The number of hydrogen-bond acceptors (Lipinski definition) is 4. The van der Waals surface area contributed by atoms with E-state index < -0.39 is 0 Å². The molecule has 150 valence electrons. The van der Waals surface area contributed by atoms with E-state index in [1.807, 2.05) is 36.7 Å². The molecule has 4 rings (SSSR count). The summed E-state index contributed by atoms with van der Waals surface area (Å²) in [6, 6.07) is 12.3. The summed E-state index contributed by atoms with van der Waals surface area (Å²) in [4.78, 5) is 11.1. The van der Waals surface area contributed by atoms with Crippen molar-refractivity contribution in [3.8, 4) is 5.69 Å².